The van der Waals surface area contributed by atoms with Crippen LogP contribution in [0.4, 0.5) is 17.6 Å². The summed E-state index contributed by atoms with van der Waals surface area (Å²) in [6, 6.07) is 25.3. The lowest BCUT2D eigenvalue weighted by Gasteiger charge is -2.41. The summed E-state index contributed by atoms with van der Waals surface area (Å²) < 4.78 is 67.8. The molecule has 0 aliphatic heterocycles. The minimum absolute atomic E-state index is 0.00214. The highest BCUT2D eigenvalue weighted by molar-refractivity contribution is 7.68. The van der Waals surface area contributed by atoms with Gasteiger partial charge in [-0.25, -0.2) is 17.6 Å². The van der Waals surface area contributed by atoms with Crippen molar-refractivity contribution in [1.82, 2.24) is 0 Å². The lowest BCUT2D eigenvalue weighted by Crippen LogP contribution is -2.40. The van der Waals surface area contributed by atoms with Crippen LogP contribution in [-0.4, -0.2) is 12.2 Å². The van der Waals surface area contributed by atoms with Crippen LogP contribution in [0.25, 0.3) is 0 Å². The second-order valence-electron chi connectivity index (χ2n) is 10.00. The van der Waals surface area contributed by atoms with Crippen molar-refractivity contribution >= 4 is 37.5 Å². The molecule has 2 saturated carbocycles. The molecule has 0 heterocycles. The lowest BCUT2D eigenvalue weighted by atomic mass is 9.74. The first kappa shape index (κ1) is 26.6. The van der Waals surface area contributed by atoms with Crippen molar-refractivity contribution in [1.29, 1.82) is 0 Å². The molecule has 2 aliphatic rings. The first-order valence-corrected chi connectivity index (χ1v) is 15.4. The van der Waals surface area contributed by atoms with Crippen LogP contribution in [0.1, 0.15) is 19.3 Å². The SMILES string of the molecule is Fc1ccc(P(O[C@H]2C[C@H]3C[C@@H](OP(c4ccc(F)cc4)c4ccc(F)cc4)[C@H]3C2)c2ccc(F)cc2)cc1. The Balaban J connectivity index is 1.18. The van der Waals surface area contributed by atoms with Crippen LogP contribution in [0.15, 0.2) is 97.1 Å². The maximum atomic E-state index is 13.6. The molecular weight excluding hydrogens is 542 g/mol. The minimum atomic E-state index is -1.25. The summed E-state index contributed by atoms with van der Waals surface area (Å²) >= 11 is 0. The smallest absolute Gasteiger partial charge is 0.123 e. The molecule has 0 N–H and O–H groups in total. The molecule has 8 heteroatoms. The summed E-state index contributed by atoms with van der Waals surface area (Å²) in [5, 5.41) is 3.51. The quantitative estimate of drug-likeness (QED) is 0.171. The van der Waals surface area contributed by atoms with E-state index in [0.717, 1.165) is 40.5 Å². The van der Waals surface area contributed by atoms with Crippen molar-refractivity contribution in [2.45, 2.75) is 31.5 Å². The molecule has 4 aromatic carbocycles. The summed E-state index contributed by atoms with van der Waals surface area (Å²) in [6.45, 7) is 0. The van der Waals surface area contributed by atoms with Crippen LogP contribution >= 0.6 is 16.3 Å². The molecule has 2 fully saturated rings. The molecule has 39 heavy (non-hydrogen) atoms. The summed E-state index contributed by atoms with van der Waals surface area (Å²) in [5.74, 6) is -0.469. The van der Waals surface area contributed by atoms with Gasteiger partial charge in [-0.15, -0.1) is 0 Å². The molecule has 0 radical (unpaired) electrons. The van der Waals surface area contributed by atoms with Crippen molar-refractivity contribution in [2.75, 3.05) is 0 Å². The van der Waals surface area contributed by atoms with E-state index in [2.05, 4.69) is 0 Å². The van der Waals surface area contributed by atoms with Crippen LogP contribution in [0, 0.1) is 35.1 Å². The highest BCUT2D eigenvalue weighted by Gasteiger charge is 2.50. The average Bonchev–Trinajstić information content (AvgIpc) is 3.26. The number of hydrogen-bond donors (Lipinski definition) is 0. The number of halogens is 4. The summed E-state index contributed by atoms with van der Waals surface area (Å²) in [6.07, 6.45) is 2.64. The number of hydrogen-bond acceptors (Lipinski definition) is 2. The van der Waals surface area contributed by atoms with E-state index in [-0.39, 0.29) is 35.5 Å². The van der Waals surface area contributed by atoms with E-state index < -0.39 is 16.3 Å². The molecule has 0 saturated heterocycles. The first-order valence-electron chi connectivity index (χ1n) is 12.9. The van der Waals surface area contributed by atoms with Crippen LogP contribution in [-0.2, 0) is 9.05 Å². The van der Waals surface area contributed by atoms with Gasteiger partial charge in [0.1, 0.15) is 23.3 Å². The zero-order chi connectivity index (χ0) is 26.9. The van der Waals surface area contributed by atoms with Crippen LogP contribution in [0.2, 0.25) is 0 Å². The highest BCUT2D eigenvalue weighted by Crippen LogP contribution is 2.55. The topological polar surface area (TPSA) is 18.5 Å². The molecule has 0 amide bonds. The Morgan fingerprint density at radius 2 is 0.821 bits per heavy atom. The number of fused-ring (bicyclic) bond motifs is 1. The summed E-state index contributed by atoms with van der Waals surface area (Å²) in [7, 11) is -2.49. The van der Waals surface area contributed by atoms with Gasteiger partial charge in [-0.05, 0) is 128 Å². The largest absolute Gasteiger partial charge is 0.346 e. The monoisotopic (exact) mass is 568 g/mol. The van der Waals surface area contributed by atoms with Gasteiger partial charge in [0.25, 0.3) is 0 Å². The Morgan fingerprint density at radius 1 is 0.462 bits per heavy atom. The van der Waals surface area contributed by atoms with E-state index in [1.165, 1.54) is 48.5 Å². The van der Waals surface area contributed by atoms with Gasteiger partial charge < -0.3 is 9.05 Å². The van der Waals surface area contributed by atoms with Gasteiger partial charge >= 0.3 is 0 Å². The Morgan fingerprint density at radius 3 is 1.21 bits per heavy atom. The van der Waals surface area contributed by atoms with Gasteiger partial charge in [-0.2, -0.15) is 0 Å². The Bertz CT molecular complexity index is 1210. The zero-order valence-electron chi connectivity index (χ0n) is 20.9. The van der Waals surface area contributed by atoms with Gasteiger partial charge in [0.2, 0.25) is 0 Å². The van der Waals surface area contributed by atoms with Gasteiger partial charge in [0, 0.05) is 21.2 Å². The van der Waals surface area contributed by atoms with Gasteiger partial charge in [-0.1, -0.05) is 0 Å². The lowest BCUT2D eigenvalue weighted by molar-refractivity contribution is 0.0161. The normalized spacial score (nSPS) is 22.2. The van der Waals surface area contributed by atoms with Crippen molar-refractivity contribution in [3.63, 3.8) is 0 Å². The van der Waals surface area contributed by atoms with Crippen molar-refractivity contribution < 1.29 is 26.6 Å². The van der Waals surface area contributed by atoms with Crippen LogP contribution in [0.3, 0.4) is 0 Å². The van der Waals surface area contributed by atoms with E-state index in [4.69, 9.17) is 9.05 Å². The predicted octanol–water partition coefficient (Wildman–Crippen LogP) is 6.84. The molecule has 200 valence electrons. The third-order valence-electron chi connectivity index (χ3n) is 7.46. The van der Waals surface area contributed by atoms with E-state index in [9.17, 15) is 17.6 Å². The standard InChI is InChI=1S/C31H26F4O2P2/c32-21-1-9-26(10-2-21)38(27-11-3-22(33)4-12-27)36-25-17-20-18-31(30(20)19-25)37-39(28-13-5-23(34)6-14-28)29-15-7-24(35)8-16-29/h1-16,20,25,30-31H,17-19H2/t20-,25-,30-,31+/m0/s1. The van der Waals surface area contributed by atoms with Crippen molar-refractivity contribution in [2.24, 2.45) is 11.8 Å². The third-order valence-corrected chi connectivity index (χ3v) is 11.5. The Labute approximate surface area is 227 Å². The van der Waals surface area contributed by atoms with Crippen molar-refractivity contribution in [3.8, 4) is 0 Å². The maximum absolute atomic E-state index is 13.6. The van der Waals surface area contributed by atoms with E-state index in [1.54, 1.807) is 48.5 Å². The molecule has 4 aromatic rings. The second-order valence-corrected chi connectivity index (χ2v) is 13.7. The fourth-order valence-corrected chi connectivity index (χ4v) is 9.19. The van der Waals surface area contributed by atoms with Gasteiger partial charge in [-0.3, -0.25) is 0 Å². The molecule has 6 rings (SSSR count). The summed E-state index contributed by atoms with van der Waals surface area (Å²) in [4.78, 5) is 0. The maximum Gasteiger partial charge on any atom is 0.123 e. The van der Waals surface area contributed by atoms with Crippen LogP contribution in [0.5, 0.6) is 0 Å². The van der Waals surface area contributed by atoms with E-state index in [0.29, 0.717) is 11.8 Å². The molecule has 2 aliphatic carbocycles. The molecule has 0 unspecified atom stereocenters. The second kappa shape index (κ2) is 11.5. The zero-order valence-corrected chi connectivity index (χ0v) is 22.7. The summed E-state index contributed by atoms with van der Waals surface area (Å²) in [5.41, 5.74) is 0. The number of rotatable bonds is 8. The Hall–Kier alpha value is -2.62. The molecular formula is C31H26F4O2P2. The molecule has 2 nitrogen and oxygen atoms in total. The van der Waals surface area contributed by atoms with Crippen LogP contribution < -0.4 is 21.2 Å². The minimum Gasteiger partial charge on any atom is -0.346 e. The van der Waals surface area contributed by atoms with Gasteiger partial charge in [0.15, 0.2) is 0 Å². The first-order chi connectivity index (χ1) is 18.9. The molecule has 0 aromatic heterocycles. The molecule has 0 bridgehead atoms. The van der Waals surface area contributed by atoms with E-state index >= 15 is 0 Å². The molecule has 0 spiro atoms. The average molecular weight is 568 g/mol. The fraction of sp³-hybridized carbons (Fsp3) is 0.226. The van der Waals surface area contributed by atoms with Gasteiger partial charge in [0.05, 0.1) is 28.5 Å². The fourth-order valence-electron chi connectivity index (χ4n) is 5.45. The molecule has 4 atom stereocenters. The third kappa shape index (κ3) is 5.95. The number of benzene rings is 4. The predicted molar refractivity (Wildman–Crippen MR) is 149 cm³/mol. The Kier molecular flexibility index (Phi) is 7.82. The van der Waals surface area contributed by atoms with Crippen molar-refractivity contribution in [3.05, 3.63) is 120 Å². The highest BCUT2D eigenvalue weighted by atomic mass is 31.1. The van der Waals surface area contributed by atoms with E-state index in [1.807, 2.05) is 0 Å².